The fourth-order valence-electron chi connectivity index (χ4n) is 6.12. The van der Waals surface area contributed by atoms with E-state index in [0.29, 0.717) is 0 Å². The molecule has 1 aliphatic rings. The molecule has 0 amide bonds. The van der Waals surface area contributed by atoms with Crippen LogP contribution < -0.4 is 0 Å². The summed E-state index contributed by atoms with van der Waals surface area (Å²) in [6, 6.07) is 21.8. The van der Waals surface area contributed by atoms with Gasteiger partial charge in [-0.2, -0.15) is 0 Å². The summed E-state index contributed by atoms with van der Waals surface area (Å²) < 4.78 is 0. The maximum absolute atomic E-state index is 2.45. The van der Waals surface area contributed by atoms with Gasteiger partial charge in [-0.05, 0) is 94.2 Å². The van der Waals surface area contributed by atoms with Crippen molar-refractivity contribution in [1.82, 2.24) is 0 Å². The molecule has 0 atom stereocenters. The molecule has 3 aromatic rings. The summed E-state index contributed by atoms with van der Waals surface area (Å²) in [6.07, 6.45) is 16.7. The van der Waals surface area contributed by atoms with Crippen LogP contribution in [0.2, 0.25) is 0 Å². The highest BCUT2D eigenvalue weighted by Crippen LogP contribution is 2.41. The van der Waals surface area contributed by atoms with E-state index in [4.69, 9.17) is 0 Å². The molecule has 0 bridgehead atoms. The van der Waals surface area contributed by atoms with Gasteiger partial charge in [-0.15, -0.1) is 0 Å². The number of hydrogen-bond acceptors (Lipinski definition) is 0. The molecule has 0 nitrogen and oxygen atoms in total. The molecule has 0 heteroatoms. The van der Waals surface area contributed by atoms with Crippen molar-refractivity contribution >= 4 is 12.2 Å². The summed E-state index contributed by atoms with van der Waals surface area (Å²) in [7, 11) is 0. The quantitative estimate of drug-likeness (QED) is 0.273. The third-order valence-electron chi connectivity index (χ3n) is 7.61. The topological polar surface area (TPSA) is 0 Å². The second-order valence-corrected chi connectivity index (χ2v) is 10.4. The normalized spacial score (nSPS) is 15.4. The Morgan fingerprint density at radius 2 is 0.806 bits per heavy atom. The van der Waals surface area contributed by atoms with E-state index in [1.54, 1.807) is 33.4 Å². The van der Waals surface area contributed by atoms with Gasteiger partial charge in [0.15, 0.2) is 0 Å². The average molecular weight is 477 g/mol. The van der Waals surface area contributed by atoms with Crippen molar-refractivity contribution < 1.29 is 0 Å². The number of fused-ring (bicyclic) bond motifs is 1. The van der Waals surface area contributed by atoms with Crippen LogP contribution in [0.4, 0.5) is 0 Å². The first-order valence-corrected chi connectivity index (χ1v) is 14.4. The van der Waals surface area contributed by atoms with Gasteiger partial charge in [-0.25, -0.2) is 0 Å². The lowest BCUT2D eigenvalue weighted by molar-refractivity contribution is 0.772. The number of allylic oxidation sites excluding steroid dienone is 2. The molecular formula is C36H44. The Morgan fingerprint density at radius 1 is 0.472 bits per heavy atom. The minimum absolute atomic E-state index is 1.05. The lowest BCUT2D eigenvalue weighted by Crippen LogP contribution is -2.19. The van der Waals surface area contributed by atoms with Gasteiger partial charge in [-0.1, -0.05) is 126 Å². The molecule has 0 aliphatic heterocycles. The molecule has 0 spiro atoms. The van der Waals surface area contributed by atoms with Gasteiger partial charge in [0.1, 0.15) is 0 Å². The van der Waals surface area contributed by atoms with E-state index in [2.05, 4.69) is 101 Å². The Morgan fingerprint density at radius 3 is 1.14 bits per heavy atom. The van der Waals surface area contributed by atoms with Crippen LogP contribution in [0, 0.1) is 0 Å². The van der Waals surface area contributed by atoms with Crippen molar-refractivity contribution in [3.63, 3.8) is 0 Å². The fraction of sp³-hybridized carbons (Fsp3) is 0.389. The largest absolute Gasteiger partial charge is 0.0651 e. The van der Waals surface area contributed by atoms with Gasteiger partial charge in [-0.3, -0.25) is 0 Å². The van der Waals surface area contributed by atoms with Gasteiger partial charge in [0, 0.05) is 0 Å². The van der Waals surface area contributed by atoms with Crippen molar-refractivity contribution in [2.45, 2.75) is 91.9 Å². The maximum Gasteiger partial charge on any atom is -0.00169 e. The van der Waals surface area contributed by atoms with Crippen molar-refractivity contribution in [2.75, 3.05) is 0 Å². The van der Waals surface area contributed by atoms with Crippen LogP contribution in [-0.2, 0) is 38.5 Å². The Balaban J connectivity index is 1.97. The Kier molecular flexibility index (Phi) is 9.40. The summed E-state index contributed by atoms with van der Waals surface area (Å²) in [4.78, 5) is 0. The average Bonchev–Trinajstić information content (AvgIpc) is 2.90. The van der Waals surface area contributed by atoms with E-state index < -0.39 is 0 Å². The molecule has 0 saturated carbocycles. The molecule has 0 heterocycles. The molecule has 36 heavy (non-hydrogen) atoms. The third kappa shape index (κ3) is 5.92. The zero-order valence-corrected chi connectivity index (χ0v) is 23.0. The SMILES string of the molecule is CCCc1c(CCC)c(CCC)c2c(c1CCC)CC(=Cc1ccccc1)C(=Cc1ccccc1)C2. The standard InChI is InChI=1S/C36H44/c1-5-15-31-32(16-6-2)34(18-8-4)36-26-30(24-28-21-13-10-14-22-28)29(23-27-19-11-9-12-20-27)25-35(36)33(31)17-7-3/h9-14,19-24H,5-8,15-18,25-26H2,1-4H3. The first kappa shape index (κ1) is 26.2. The molecule has 0 radical (unpaired) electrons. The molecule has 3 aromatic carbocycles. The molecule has 0 fully saturated rings. The second-order valence-electron chi connectivity index (χ2n) is 10.4. The molecule has 0 N–H and O–H groups in total. The third-order valence-corrected chi connectivity index (χ3v) is 7.61. The zero-order chi connectivity index (χ0) is 25.3. The second kappa shape index (κ2) is 12.9. The minimum Gasteiger partial charge on any atom is -0.0651 e. The first-order valence-electron chi connectivity index (χ1n) is 14.4. The molecule has 0 aromatic heterocycles. The van der Waals surface area contributed by atoms with Crippen molar-refractivity contribution in [1.29, 1.82) is 0 Å². The van der Waals surface area contributed by atoms with Crippen molar-refractivity contribution in [3.8, 4) is 0 Å². The smallest absolute Gasteiger partial charge is 0.00169 e. The lowest BCUT2D eigenvalue weighted by Gasteiger charge is -2.32. The maximum atomic E-state index is 2.45. The molecule has 188 valence electrons. The van der Waals surface area contributed by atoms with Crippen molar-refractivity contribution in [2.24, 2.45) is 0 Å². The van der Waals surface area contributed by atoms with E-state index >= 15 is 0 Å². The monoisotopic (exact) mass is 476 g/mol. The van der Waals surface area contributed by atoms with Gasteiger partial charge < -0.3 is 0 Å². The van der Waals surface area contributed by atoms with Gasteiger partial charge >= 0.3 is 0 Å². The van der Waals surface area contributed by atoms with Gasteiger partial charge in [0.2, 0.25) is 0 Å². The van der Waals surface area contributed by atoms with E-state index in [9.17, 15) is 0 Å². The van der Waals surface area contributed by atoms with Crippen LogP contribution in [-0.4, -0.2) is 0 Å². The predicted octanol–water partition coefficient (Wildman–Crippen LogP) is 9.76. The summed E-state index contributed by atoms with van der Waals surface area (Å²) >= 11 is 0. The van der Waals surface area contributed by atoms with Gasteiger partial charge in [0.25, 0.3) is 0 Å². The molecule has 4 rings (SSSR count). The van der Waals surface area contributed by atoms with E-state index in [0.717, 1.165) is 12.8 Å². The lowest BCUT2D eigenvalue weighted by atomic mass is 9.73. The summed E-state index contributed by atoms with van der Waals surface area (Å²) in [5.41, 5.74) is 15.7. The van der Waals surface area contributed by atoms with Crippen LogP contribution in [0.15, 0.2) is 71.8 Å². The van der Waals surface area contributed by atoms with Gasteiger partial charge in [0.05, 0.1) is 0 Å². The summed E-state index contributed by atoms with van der Waals surface area (Å²) in [5, 5.41) is 0. The van der Waals surface area contributed by atoms with E-state index in [1.807, 2.05) is 0 Å². The number of hydrogen-bond donors (Lipinski definition) is 0. The van der Waals surface area contributed by atoms with E-state index in [-0.39, 0.29) is 0 Å². The molecule has 0 saturated heterocycles. The fourth-order valence-corrected chi connectivity index (χ4v) is 6.12. The number of rotatable bonds is 10. The Labute approximate surface area is 220 Å². The first-order chi connectivity index (χ1) is 17.7. The molecular weight excluding hydrogens is 432 g/mol. The predicted molar refractivity (Wildman–Crippen MR) is 159 cm³/mol. The van der Waals surface area contributed by atoms with Crippen LogP contribution in [0.25, 0.3) is 12.2 Å². The van der Waals surface area contributed by atoms with Crippen LogP contribution >= 0.6 is 0 Å². The minimum atomic E-state index is 1.05. The van der Waals surface area contributed by atoms with Crippen LogP contribution in [0.1, 0.15) is 97.9 Å². The van der Waals surface area contributed by atoms with Crippen LogP contribution in [0.5, 0.6) is 0 Å². The number of benzene rings is 3. The van der Waals surface area contributed by atoms with Crippen LogP contribution in [0.3, 0.4) is 0 Å². The van der Waals surface area contributed by atoms with Crippen molar-refractivity contribution in [3.05, 3.63) is 116 Å². The Hall–Kier alpha value is -2.86. The molecule has 1 aliphatic carbocycles. The summed E-state index contributed by atoms with van der Waals surface area (Å²) in [6.45, 7) is 9.41. The molecule has 0 unspecified atom stereocenters. The highest BCUT2D eigenvalue weighted by molar-refractivity contribution is 5.71. The van der Waals surface area contributed by atoms with E-state index in [1.165, 1.54) is 73.6 Å². The summed E-state index contributed by atoms with van der Waals surface area (Å²) in [5.74, 6) is 0. The Bertz CT molecular complexity index is 1100. The highest BCUT2D eigenvalue weighted by atomic mass is 14.3. The zero-order valence-electron chi connectivity index (χ0n) is 23.0. The highest BCUT2D eigenvalue weighted by Gasteiger charge is 2.27.